The summed E-state index contributed by atoms with van der Waals surface area (Å²) in [4.78, 5) is 41.9. The van der Waals surface area contributed by atoms with Crippen LogP contribution in [0, 0.1) is 18.3 Å². The minimum atomic E-state index is -1.07. The second kappa shape index (κ2) is 9.21. The van der Waals surface area contributed by atoms with Crippen LogP contribution >= 0.6 is 23.4 Å². The molecule has 2 aromatic rings. The van der Waals surface area contributed by atoms with E-state index in [1.165, 1.54) is 19.2 Å². The molecule has 0 radical (unpaired) electrons. The van der Waals surface area contributed by atoms with Gasteiger partial charge in [-0.15, -0.1) is 0 Å². The minimum Gasteiger partial charge on any atom is -0.452 e. The summed E-state index contributed by atoms with van der Waals surface area (Å²) in [5.74, 6) is -1.42. The fourth-order valence-electron chi connectivity index (χ4n) is 2.04. The molecule has 8 nitrogen and oxygen atoms in total. The first-order valence-corrected chi connectivity index (χ1v) is 9.06. The Morgan fingerprint density at radius 1 is 1.52 bits per heavy atom. The third-order valence-electron chi connectivity index (χ3n) is 3.35. The van der Waals surface area contributed by atoms with Crippen molar-refractivity contribution in [2.45, 2.75) is 25.0 Å². The van der Waals surface area contributed by atoms with E-state index in [2.05, 4.69) is 15.3 Å². The monoisotopic (exact) mass is 406 g/mol. The van der Waals surface area contributed by atoms with E-state index < -0.39 is 18.0 Å². The van der Waals surface area contributed by atoms with Crippen LogP contribution < -0.4 is 10.9 Å². The van der Waals surface area contributed by atoms with E-state index >= 15 is 0 Å². The molecule has 2 heterocycles. The van der Waals surface area contributed by atoms with Crippen molar-refractivity contribution in [3.8, 4) is 6.07 Å². The topological polar surface area (TPSA) is 125 Å². The summed E-state index contributed by atoms with van der Waals surface area (Å²) in [7, 11) is 0. The number of aromatic nitrogens is 2. The number of thioether (sulfide) groups is 1. The number of anilines is 1. The number of esters is 1. The van der Waals surface area contributed by atoms with Crippen molar-refractivity contribution in [3.05, 3.63) is 51.0 Å². The molecule has 0 aliphatic heterocycles. The molecule has 0 saturated carbocycles. The van der Waals surface area contributed by atoms with Crippen LogP contribution in [0.4, 0.5) is 5.69 Å². The number of pyridine rings is 2. The number of aryl methyl sites for hydroxylation is 1. The lowest BCUT2D eigenvalue weighted by molar-refractivity contribution is -0.150. The Hall–Kier alpha value is -2.83. The second-order valence-electron chi connectivity index (χ2n) is 5.38. The lowest BCUT2D eigenvalue weighted by Gasteiger charge is -2.14. The van der Waals surface area contributed by atoms with Crippen molar-refractivity contribution in [3.63, 3.8) is 0 Å². The Morgan fingerprint density at radius 2 is 2.26 bits per heavy atom. The first-order chi connectivity index (χ1) is 12.8. The summed E-state index contributed by atoms with van der Waals surface area (Å²) >= 11 is 6.81. The van der Waals surface area contributed by atoms with Gasteiger partial charge in [-0.25, -0.2) is 4.98 Å². The quantitative estimate of drug-likeness (QED) is 0.428. The Labute approximate surface area is 163 Å². The van der Waals surface area contributed by atoms with E-state index in [0.29, 0.717) is 11.3 Å². The molecule has 0 fully saturated rings. The number of hydrogen-bond donors (Lipinski definition) is 2. The molecule has 0 spiro atoms. The Morgan fingerprint density at radius 3 is 2.93 bits per heavy atom. The summed E-state index contributed by atoms with van der Waals surface area (Å²) in [6, 6.07) is 6.45. The summed E-state index contributed by atoms with van der Waals surface area (Å²) in [6.45, 7) is 3.05. The molecule has 0 aromatic carbocycles. The number of hydrogen-bond acceptors (Lipinski definition) is 7. The average Bonchev–Trinajstić information content (AvgIpc) is 2.61. The smallest absolute Gasteiger partial charge is 0.317 e. The molecule has 10 heteroatoms. The summed E-state index contributed by atoms with van der Waals surface area (Å²) in [6.07, 6.45) is 0.408. The third kappa shape index (κ3) is 5.57. The molecule has 2 rings (SSSR count). The number of carbonyl (C=O) groups excluding carboxylic acids is 2. The second-order valence-corrected chi connectivity index (χ2v) is 6.73. The highest BCUT2D eigenvalue weighted by atomic mass is 35.5. The van der Waals surface area contributed by atoms with Gasteiger partial charge in [-0.2, -0.15) is 5.26 Å². The number of nitrogens with one attached hydrogen (secondary N) is 2. The lowest BCUT2D eigenvalue weighted by atomic mass is 10.2. The van der Waals surface area contributed by atoms with Gasteiger partial charge in [-0.1, -0.05) is 23.4 Å². The molecule has 0 saturated heterocycles. The van der Waals surface area contributed by atoms with Crippen LogP contribution in [0.5, 0.6) is 0 Å². The highest BCUT2D eigenvalue weighted by Gasteiger charge is 2.20. The average molecular weight is 407 g/mol. The third-order valence-corrected chi connectivity index (χ3v) is 4.62. The normalized spacial score (nSPS) is 11.3. The highest BCUT2D eigenvalue weighted by Crippen LogP contribution is 2.21. The van der Waals surface area contributed by atoms with Crippen molar-refractivity contribution >= 4 is 40.9 Å². The maximum atomic E-state index is 12.1. The first-order valence-electron chi connectivity index (χ1n) is 7.69. The predicted octanol–water partition coefficient (Wildman–Crippen LogP) is 2.27. The van der Waals surface area contributed by atoms with Crippen LogP contribution in [0.3, 0.4) is 0 Å². The molecular weight excluding hydrogens is 392 g/mol. The Balaban J connectivity index is 1.94. The molecule has 0 unspecified atom stereocenters. The zero-order valence-corrected chi connectivity index (χ0v) is 16.0. The number of carbonyl (C=O) groups is 2. The van der Waals surface area contributed by atoms with E-state index in [0.717, 1.165) is 11.8 Å². The number of halogens is 1. The van der Waals surface area contributed by atoms with Gasteiger partial charge in [0.2, 0.25) is 5.56 Å². The molecule has 1 amide bonds. The number of nitrogens with zero attached hydrogens (tertiary/aromatic N) is 2. The van der Waals surface area contributed by atoms with Gasteiger partial charge in [0.1, 0.15) is 6.07 Å². The molecular formula is C17H15ClN4O4S. The zero-order valence-electron chi connectivity index (χ0n) is 14.4. The molecule has 27 heavy (non-hydrogen) atoms. The summed E-state index contributed by atoms with van der Waals surface area (Å²) in [5, 5.41) is 12.1. The van der Waals surface area contributed by atoms with E-state index in [9.17, 15) is 14.4 Å². The van der Waals surface area contributed by atoms with Gasteiger partial charge in [0.05, 0.1) is 22.0 Å². The van der Waals surface area contributed by atoms with Crippen molar-refractivity contribution in [1.29, 1.82) is 5.26 Å². The maximum Gasteiger partial charge on any atom is 0.317 e. The molecule has 2 aromatic heterocycles. The van der Waals surface area contributed by atoms with E-state index in [1.54, 1.807) is 19.1 Å². The minimum absolute atomic E-state index is 0.118. The van der Waals surface area contributed by atoms with Crippen LogP contribution in [0.15, 0.2) is 34.2 Å². The van der Waals surface area contributed by atoms with E-state index in [1.807, 2.05) is 6.07 Å². The number of rotatable bonds is 6. The highest BCUT2D eigenvalue weighted by molar-refractivity contribution is 7.99. The fourth-order valence-corrected chi connectivity index (χ4v) is 3.06. The van der Waals surface area contributed by atoms with Crippen LogP contribution in [0.2, 0.25) is 5.15 Å². The molecule has 0 aliphatic carbocycles. The van der Waals surface area contributed by atoms with Crippen LogP contribution in [-0.2, 0) is 14.3 Å². The zero-order chi connectivity index (χ0) is 20.0. The fraction of sp³-hybridized carbons (Fsp3) is 0.235. The maximum absolute atomic E-state index is 12.1. The molecule has 0 aliphatic rings. The number of aromatic amines is 1. The van der Waals surface area contributed by atoms with Crippen molar-refractivity contribution in [2.24, 2.45) is 0 Å². The van der Waals surface area contributed by atoms with Crippen LogP contribution in [0.1, 0.15) is 18.1 Å². The van der Waals surface area contributed by atoms with Crippen molar-refractivity contribution in [2.75, 3.05) is 11.1 Å². The molecule has 0 bridgehead atoms. The van der Waals surface area contributed by atoms with Crippen molar-refractivity contribution in [1.82, 2.24) is 9.97 Å². The number of amides is 1. The van der Waals surface area contributed by atoms with Crippen LogP contribution in [0.25, 0.3) is 0 Å². The van der Waals surface area contributed by atoms with Crippen molar-refractivity contribution < 1.29 is 14.3 Å². The van der Waals surface area contributed by atoms with Gasteiger partial charge in [0.15, 0.2) is 11.3 Å². The van der Waals surface area contributed by atoms with Gasteiger partial charge >= 0.3 is 5.97 Å². The lowest BCUT2D eigenvalue weighted by Crippen LogP contribution is -2.30. The summed E-state index contributed by atoms with van der Waals surface area (Å²) in [5.41, 5.74) is 0.725. The van der Waals surface area contributed by atoms with Crippen LogP contribution in [-0.4, -0.2) is 33.7 Å². The van der Waals surface area contributed by atoms with Gasteiger partial charge in [0, 0.05) is 12.3 Å². The van der Waals surface area contributed by atoms with Gasteiger partial charge in [-0.05, 0) is 31.5 Å². The molecule has 2 N–H and O–H groups in total. The van der Waals surface area contributed by atoms with Gasteiger partial charge in [0.25, 0.3) is 5.91 Å². The molecule has 1 atom stereocenters. The predicted molar refractivity (Wildman–Crippen MR) is 101 cm³/mol. The van der Waals surface area contributed by atoms with E-state index in [-0.39, 0.29) is 27.1 Å². The molecule has 140 valence electrons. The Bertz CT molecular complexity index is 970. The number of nitriles is 1. The Kier molecular flexibility index (Phi) is 6.98. The standard InChI is InChI=1S/C17H15ClN4O4S/c1-9-6-13(23)22-17(11(9)7-19)27-8-14(24)26-10(2)16(25)21-12-4-3-5-20-15(12)18/h3-6,10H,8H2,1-2H3,(H,21,25)(H,22,23)/t10-/m1/s1. The summed E-state index contributed by atoms with van der Waals surface area (Å²) < 4.78 is 5.07. The first kappa shape index (κ1) is 20.5. The number of H-pyrrole nitrogens is 1. The SMILES string of the molecule is Cc1cc(=O)[nH]c(SCC(=O)O[C@H](C)C(=O)Nc2cccnc2Cl)c1C#N. The van der Waals surface area contributed by atoms with E-state index in [4.69, 9.17) is 21.6 Å². The largest absolute Gasteiger partial charge is 0.452 e. The van der Waals surface area contributed by atoms with Gasteiger partial charge < -0.3 is 15.0 Å². The van der Waals surface area contributed by atoms with Gasteiger partial charge in [-0.3, -0.25) is 14.4 Å². The number of ether oxygens (including phenoxy) is 1.